The second kappa shape index (κ2) is 10.2. The van der Waals surface area contributed by atoms with E-state index in [4.69, 9.17) is 13.1 Å². The summed E-state index contributed by atoms with van der Waals surface area (Å²) in [6.45, 7) is 14.9. The van der Waals surface area contributed by atoms with Gasteiger partial charge in [-0.2, -0.15) is 0 Å². The van der Waals surface area contributed by atoms with Crippen LogP contribution in [0.1, 0.15) is 0 Å². The van der Waals surface area contributed by atoms with E-state index < -0.39 is 8.07 Å². The third-order valence-electron chi connectivity index (χ3n) is 7.19. The van der Waals surface area contributed by atoms with E-state index in [9.17, 15) is 0 Å². The number of hydrogen-bond donors (Lipinski definition) is 0. The van der Waals surface area contributed by atoms with Crippen molar-refractivity contribution >= 4 is 51.2 Å². The lowest BCUT2D eigenvalue weighted by molar-refractivity contribution is 1.29. The summed E-state index contributed by atoms with van der Waals surface area (Å²) < 4.78 is 0. The van der Waals surface area contributed by atoms with Crippen LogP contribution >= 0.6 is 0 Å². The molecule has 4 nitrogen and oxygen atoms in total. The normalized spacial score (nSPS) is 11.0. The van der Waals surface area contributed by atoms with Gasteiger partial charge in [0.25, 0.3) is 0 Å². The van der Waals surface area contributed by atoms with Crippen LogP contribution in [-0.2, 0) is 0 Å². The van der Waals surface area contributed by atoms with Crippen LogP contribution in [0.5, 0.6) is 0 Å². The molecule has 182 valence electrons. The van der Waals surface area contributed by atoms with E-state index in [0.717, 1.165) is 22.2 Å². The van der Waals surface area contributed by atoms with Crippen molar-refractivity contribution in [1.82, 2.24) is 9.97 Å². The monoisotopic (exact) mass is 514 g/mol. The molecule has 5 aromatic carbocycles. The molecule has 0 saturated carbocycles. The SMILES string of the molecule is [C-]#[N+]c1ccc([Si](c2ccccc2)(c2ccc([N+]#[C-])cc2)c2ccc(-c3ccc4nccnc4c3)cc2)cc1. The predicted octanol–water partition coefficient (Wildman–Crippen LogP) is 5.78. The smallest absolute Gasteiger partial charge is 0.187 e. The van der Waals surface area contributed by atoms with Crippen molar-refractivity contribution in [2.45, 2.75) is 0 Å². The van der Waals surface area contributed by atoms with E-state index >= 15 is 0 Å². The summed E-state index contributed by atoms with van der Waals surface area (Å²) in [5.41, 5.74) is 5.17. The van der Waals surface area contributed by atoms with Crippen molar-refractivity contribution in [2.24, 2.45) is 0 Å². The number of aromatic nitrogens is 2. The van der Waals surface area contributed by atoms with Gasteiger partial charge in [-0.05, 0) is 44.0 Å². The molecular formula is C34H22N4Si. The van der Waals surface area contributed by atoms with E-state index in [1.54, 1.807) is 12.4 Å². The lowest BCUT2D eigenvalue weighted by Gasteiger charge is -2.34. The maximum atomic E-state index is 7.46. The van der Waals surface area contributed by atoms with Crippen LogP contribution in [0.15, 0.2) is 134 Å². The van der Waals surface area contributed by atoms with Crippen LogP contribution in [0, 0.1) is 13.1 Å². The first-order chi connectivity index (χ1) is 19.2. The molecular weight excluding hydrogens is 492 g/mol. The van der Waals surface area contributed by atoms with Gasteiger partial charge in [0, 0.05) is 12.4 Å². The second-order valence-electron chi connectivity index (χ2n) is 9.27. The zero-order valence-electron chi connectivity index (χ0n) is 21.0. The van der Waals surface area contributed by atoms with Crippen molar-refractivity contribution < 1.29 is 0 Å². The standard InChI is InChI=1S/C34H22N4Si/c1-35-27-11-17-31(18-12-27)39(29-6-4-3-5-7-29,32-19-13-28(36-2)14-20-32)30-15-8-25(9-16-30)26-10-21-33-34(24-26)38-23-22-37-33/h3-24H. The first-order valence-electron chi connectivity index (χ1n) is 12.6. The highest BCUT2D eigenvalue weighted by Gasteiger charge is 2.41. The molecule has 6 rings (SSSR count). The molecule has 0 bridgehead atoms. The maximum Gasteiger partial charge on any atom is 0.187 e. The third kappa shape index (κ3) is 4.28. The molecule has 0 aliphatic rings. The minimum atomic E-state index is -2.77. The van der Waals surface area contributed by atoms with Crippen LogP contribution in [-0.4, -0.2) is 18.0 Å². The molecule has 0 unspecified atom stereocenters. The first-order valence-corrected chi connectivity index (χ1v) is 14.6. The molecule has 0 aliphatic heterocycles. The molecule has 39 heavy (non-hydrogen) atoms. The first kappa shape index (κ1) is 24.0. The van der Waals surface area contributed by atoms with Gasteiger partial charge in [0.15, 0.2) is 19.4 Å². The topological polar surface area (TPSA) is 34.5 Å². The summed E-state index contributed by atoms with van der Waals surface area (Å²) in [5, 5.41) is 4.84. The van der Waals surface area contributed by atoms with Crippen molar-refractivity contribution in [3.8, 4) is 11.1 Å². The fourth-order valence-electron chi connectivity index (χ4n) is 5.32. The zero-order valence-corrected chi connectivity index (χ0v) is 22.0. The fraction of sp³-hybridized carbons (Fsp3) is 0. The molecule has 0 saturated heterocycles. The molecule has 0 atom stereocenters. The van der Waals surface area contributed by atoms with Crippen LogP contribution in [0.3, 0.4) is 0 Å². The maximum absolute atomic E-state index is 7.46. The highest BCUT2D eigenvalue weighted by molar-refractivity contribution is 7.19. The Hall–Kier alpha value is -5.36. The zero-order chi connectivity index (χ0) is 26.7. The van der Waals surface area contributed by atoms with Crippen LogP contribution < -0.4 is 20.7 Å². The molecule has 1 heterocycles. The Bertz CT molecular complexity index is 1790. The molecule has 0 N–H and O–H groups in total. The number of nitrogens with zero attached hydrogens (tertiary/aromatic N) is 4. The van der Waals surface area contributed by atoms with Gasteiger partial charge < -0.3 is 0 Å². The summed E-state index contributed by atoms with van der Waals surface area (Å²) in [6, 6.07) is 41.7. The molecule has 1 aromatic heterocycles. The molecule has 0 radical (unpaired) electrons. The van der Waals surface area contributed by atoms with Gasteiger partial charge in [0.2, 0.25) is 0 Å². The molecule has 0 aliphatic carbocycles. The van der Waals surface area contributed by atoms with Crippen LogP contribution in [0.25, 0.3) is 31.9 Å². The Balaban J connectivity index is 1.58. The number of benzene rings is 5. The van der Waals surface area contributed by atoms with E-state index in [0.29, 0.717) is 11.4 Å². The van der Waals surface area contributed by atoms with Gasteiger partial charge in [-0.3, -0.25) is 9.97 Å². The Morgan fingerprint density at radius 1 is 0.462 bits per heavy atom. The van der Waals surface area contributed by atoms with Crippen molar-refractivity contribution in [3.05, 3.63) is 157 Å². The van der Waals surface area contributed by atoms with Crippen LogP contribution in [0.2, 0.25) is 0 Å². The molecule has 5 heteroatoms. The van der Waals surface area contributed by atoms with Gasteiger partial charge in [0.05, 0.1) is 24.2 Å². The van der Waals surface area contributed by atoms with Gasteiger partial charge in [-0.15, -0.1) is 0 Å². The summed E-state index contributed by atoms with van der Waals surface area (Å²) in [6.07, 6.45) is 3.42. The Morgan fingerprint density at radius 3 is 1.46 bits per heavy atom. The molecule has 0 amide bonds. The lowest BCUT2D eigenvalue weighted by Crippen LogP contribution is -2.74. The third-order valence-corrected chi connectivity index (χ3v) is 12.0. The Labute approximate surface area is 228 Å². The van der Waals surface area contributed by atoms with Crippen molar-refractivity contribution in [2.75, 3.05) is 0 Å². The number of fused-ring (bicyclic) bond motifs is 1. The largest absolute Gasteiger partial charge is 0.253 e. The minimum absolute atomic E-state index is 0.618. The van der Waals surface area contributed by atoms with Crippen LogP contribution in [0.4, 0.5) is 11.4 Å². The Kier molecular flexibility index (Phi) is 6.27. The van der Waals surface area contributed by atoms with Gasteiger partial charge in [0.1, 0.15) is 0 Å². The fourth-order valence-corrected chi connectivity index (χ4v) is 10.0. The molecule has 0 spiro atoms. The summed E-state index contributed by atoms with van der Waals surface area (Å²) in [4.78, 5) is 16.1. The van der Waals surface area contributed by atoms with Gasteiger partial charge in [-0.1, -0.05) is 109 Å². The quantitative estimate of drug-likeness (QED) is 0.166. The number of rotatable bonds is 5. The Morgan fingerprint density at radius 2 is 0.923 bits per heavy atom. The predicted molar refractivity (Wildman–Crippen MR) is 161 cm³/mol. The summed E-state index contributed by atoms with van der Waals surface area (Å²) in [7, 11) is -2.77. The van der Waals surface area contributed by atoms with Gasteiger partial charge in [-0.25, -0.2) is 9.69 Å². The van der Waals surface area contributed by atoms with E-state index in [1.807, 2.05) is 36.4 Å². The van der Waals surface area contributed by atoms with Crippen molar-refractivity contribution in [3.63, 3.8) is 0 Å². The average molecular weight is 515 g/mol. The lowest BCUT2D eigenvalue weighted by atomic mass is 10.1. The minimum Gasteiger partial charge on any atom is -0.253 e. The van der Waals surface area contributed by atoms with Gasteiger partial charge >= 0.3 is 0 Å². The average Bonchev–Trinajstić information content (AvgIpc) is 3.02. The highest BCUT2D eigenvalue weighted by atomic mass is 28.3. The second-order valence-corrected chi connectivity index (χ2v) is 13.1. The van der Waals surface area contributed by atoms with Crippen molar-refractivity contribution in [1.29, 1.82) is 0 Å². The summed E-state index contributed by atoms with van der Waals surface area (Å²) in [5.74, 6) is 0. The van der Waals surface area contributed by atoms with E-state index in [2.05, 4.69) is 105 Å². The highest BCUT2D eigenvalue weighted by Crippen LogP contribution is 2.23. The molecule has 0 fully saturated rings. The van der Waals surface area contributed by atoms with E-state index in [1.165, 1.54) is 20.7 Å². The molecule has 6 aromatic rings. The van der Waals surface area contributed by atoms with E-state index in [-0.39, 0.29) is 0 Å². The summed E-state index contributed by atoms with van der Waals surface area (Å²) >= 11 is 0. The number of hydrogen-bond acceptors (Lipinski definition) is 2.